The number of hydrogen-bond acceptors (Lipinski definition) is 9. The lowest BCUT2D eigenvalue weighted by Gasteiger charge is -2.26. The number of rotatable bonds is 7. The SMILES string of the molecule is CCOC(=O)C1=C(C)N=c2s/c(=C\c3ccc([N+](=O)[O-])cc3)c(=O)n2C1c1cccc(OC)c1OC. The van der Waals surface area contributed by atoms with Gasteiger partial charge in [-0.1, -0.05) is 23.5 Å². The number of benzene rings is 2. The first-order valence-corrected chi connectivity index (χ1v) is 11.8. The van der Waals surface area contributed by atoms with Crippen LogP contribution < -0.4 is 24.4 Å². The largest absolute Gasteiger partial charge is 0.493 e. The van der Waals surface area contributed by atoms with Crippen molar-refractivity contribution in [3.63, 3.8) is 0 Å². The van der Waals surface area contributed by atoms with E-state index in [-0.39, 0.29) is 23.4 Å². The van der Waals surface area contributed by atoms with Crippen LogP contribution in [0.2, 0.25) is 0 Å². The minimum Gasteiger partial charge on any atom is -0.493 e. The third-order valence-electron chi connectivity index (χ3n) is 5.65. The number of fused-ring (bicyclic) bond motifs is 1. The van der Waals surface area contributed by atoms with E-state index in [0.717, 1.165) is 11.3 Å². The zero-order chi connectivity index (χ0) is 26.0. The number of ether oxygens (including phenoxy) is 3. The van der Waals surface area contributed by atoms with Crippen molar-refractivity contribution in [2.24, 2.45) is 4.99 Å². The molecule has 1 aliphatic rings. The average Bonchev–Trinajstić information content (AvgIpc) is 3.17. The molecule has 36 heavy (non-hydrogen) atoms. The van der Waals surface area contributed by atoms with E-state index in [1.54, 1.807) is 50.3 Å². The monoisotopic (exact) mass is 509 g/mol. The number of thiazole rings is 1. The van der Waals surface area contributed by atoms with Crippen LogP contribution in [0.5, 0.6) is 11.5 Å². The Kier molecular flexibility index (Phi) is 7.02. The van der Waals surface area contributed by atoms with Crippen molar-refractivity contribution in [1.29, 1.82) is 0 Å². The number of methoxy groups -OCH3 is 2. The predicted octanol–water partition coefficient (Wildman–Crippen LogP) is 2.72. The molecule has 186 valence electrons. The van der Waals surface area contributed by atoms with E-state index in [2.05, 4.69) is 4.99 Å². The van der Waals surface area contributed by atoms with Crippen LogP contribution in [-0.4, -0.2) is 36.3 Å². The molecule has 0 saturated heterocycles. The number of non-ortho nitro benzene ring substituents is 1. The lowest BCUT2D eigenvalue weighted by atomic mass is 9.94. The molecule has 0 amide bonds. The molecular weight excluding hydrogens is 486 g/mol. The van der Waals surface area contributed by atoms with Gasteiger partial charge in [0.2, 0.25) is 0 Å². The number of nitro groups is 1. The van der Waals surface area contributed by atoms with Crippen molar-refractivity contribution < 1.29 is 23.9 Å². The van der Waals surface area contributed by atoms with Crippen LogP contribution in [0.3, 0.4) is 0 Å². The first kappa shape index (κ1) is 24.9. The number of allylic oxidation sites excluding steroid dienone is 1. The van der Waals surface area contributed by atoms with Gasteiger partial charge in [0.05, 0.1) is 41.6 Å². The normalized spacial score (nSPS) is 15.2. The Hall–Kier alpha value is -4.25. The van der Waals surface area contributed by atoms with E-state index in [1.807, 2.05) is 0 Å². The third-order valence-corrected chi connectivity index (χ3v) is 6.63. The highest BCUT2D eigenvalue weighted by Crippen LogP contribution is 2.40. The van der Waals surface area contributed by atoms with Gasteiger partial charge < -0.3 is 14.2 Å². The number of nitro benzene ring substituents is 1. The summed E-state index contributed by atoms with van der Waals surface area (Å²) in [6.07, 6.45) is 1.64. The second-order valence-electron chi connectivity index (χ2n) is 7.73. The Morgan fingerprint density at radius 3 is 2.53 bits per heavy atom. The van der Waals surface area contributed by atoms with Crippen molar-refractivity contribution in [3.05, 3.63) is 94.7 Å². The van der Waals surface area contributed by atoms with Crippen LogP contribution >= 0.6 is 11.3 Å². The zero-order valence-electron chi connectivity index (χ0n) is 20.0. The van der Waals surface area contributed by atoms with Crippen molar-refractivity contribution >= 4 is 29.1 Å². The maximum absolute atomic E-state index is 13.7. The van der Waals surface area contributed by atoms with Crippen LogP contribution in [0.4, 0.5) is 5.69 Å². The van der Waals surface area contributed by atoms with Crippen molar-refractivity contribution in [1.82, 2.24) is 4.57 Å². The number of carbonyl (C=O) groups excluding carboxylic acids is 1. The summed E-state index contributed by atoms with van der Waals surface area (Å²) in [7, 11) is 2.99. The number of hydrogen-bond donors (Lipinski definition) is 0. The average molecular weight is 510 g/mol. The maximum Gasteiger partial charge on any atom is 0.338 e. The lowest BCUT2D eigenvalue weighted by molar-refractivity contribution is -0.384. The molecule has 0 saturated carbocycles. The van der Waals surface area contributed by atoms with E-state index in [4.69, 9.17) is 14.2 Å². The van der Waals surface area contributed by atoms with Crippen LogP contribution in [0, 0.1) is 10.1 Å². The summed E-state index contributed by atoms with van der Waals surface area (Å²) in [5, 5.41) is 11.0. The van der Waals surface area contributed by atoms with Gasteiger partial charge in [0.1, 0.15) is 6.04 Å². The number of aromatic nitrogens is 1. The van der Waals surface area contributed by atoms with Crippen molar-refractivity contribution in [3.8, 4) is 11.5 Å². The van der Waals surface area contributed by atoms with E-state index in [9.17, 15) is 19.7 Å². The molecule has 11 heteroatoms. The third kappa shape index (κ3) is 4.40. The molecule has 2 aromatic carbocycles. The number of nitrogens with zero attached hydrogens (tertiary/aromatic N) is 3. The summed E-state index contributed by atoms with van der Waals surface area (Å²) in [4.78, 5) is 42.2. The van der Waals surface area contributed by atoms with Gasteiger partial charge in [0.15, 0.2) is 16.3 Å². The minimum atomic E-state index is -0.871. The van der Waals surface area contributed by atoms with Crippen LogP contribution in [0.15, 0.2) is 63.5 Å². The lowest BCUT2D eigenvalue weighted by Crippen LogP contribution is -2.40. The first-order valence-electron chi connectivity index (χ1n) is 11.0. The first-order chi connectivity index (χ1) is 17.3. The zero-order valence-corrected chi connectivity index (χ0v) is 20.8. The van der Waals surface area contributed by atoms with Crippen LogP contribution in [0.1, 0.15) is 31.0 Å². The summed E-state index contributed by atoms with van der Waals surface area (Å²) in [6.45, 7) is 3.55. The Labute approximate surface area is 209 Å². The molecule has 1 unspecified atom stereocenters. The number of esters is 1. The van der Waals surface area contributed by atoms with E-state index >= 15 is 0 Å². The summed E-state index contributed by atoms with van der Waals surface area (Å²) in [5.74, 6) is 0.241. The molecular formula is C25H23N3O7S. The maximum atomic E-state index is 13.7. The smallest absolute Gasteiger partial charge is 0.338 e. The predicted molar refractivity (Wildman–Crippen MR) is 133 cm³/mol. The van der Waals surface area contributed by atoms with Crippen molar-refractivity contribution in [2.45, 2.75) is 19.9 Å². The van der Waals surface area contributed by atoms with Crippen LogP contribution in [0.25, 0.3) is 6.08 Å². The Morgan fingerprint density at radius 2 is 1.92 bits per heavy atom. The summed E-state index contributed by atoms with van der Waals surface area (Å²) >= 11 is 1.16. The van der Waals surface area contributed by atoms with E-state index in [1.165, 1.54) is 30.9 Å². The number of para-hydroxylation sites is 1. The molecule has 0 bridgehead atoms. The molecule has 1 aliphatic heterocycles. The molecule has 0 spiro atoms. The summed E-state index contributed by atoms with van der Waals surface area (Å²) in [5.41, 5.74) is 1.37. The quantitative estimate of drug-likeness (QED) is 0.273. The standard InChI is InChI=1S/C25H23N3O7S/c1-5-35-24(30)20-14(2)26-25-27(21(20)17-7-6-8-18(33-3)22(17)34-4)23(29)19(36-25)13-15-9-11-16(12-10-15)28(31)32/h6-13,21H,5H2,1-4H3/b19-13-. The topological polar surface area (TPSA) is 122 Å². The van der Waals surface area contributed by atoms with E-state index in [0.29, 0.717) is 37.7 Å². The van der Waals surface area contributed by atoms with Gasteiger partial charge in [-0.15, -0.1) is 0 Å². The molecule has 2 heterocycles. The Bertz CT molecular complexity index is 1550. The second kappa shape index (κ2) is 10.2. The van der Waals surface area contributed by atoms with Crippen molar-refractivity contribution in [2.75, 3.05) is 20.8 Å². The van der Waals surface area contributed by atoms with Gasteiger partial charge in [-0.2, -0.15) is 0 Å². The molecule has 1 aromatic heterocycles. The highest BCUT2D eigenvalue weighted by atomic mass is 32.1. The molecule has 0 aliphatic carbocycles. The van der Waals surface area contributed by atoms with Gasteiger partial charge in [-0.3, -0.25) is 19.5 Å². The Morgan fingerprint density at radius 1 is 1.19 bits per heavy atom. The molecule has 10 nitrogen and oxygen atoms in total. The minimum absolute atomic E-state index is 0.0477. The molecule has 3 aromatic rings. The van der Waals surface area contributed by atoms with Gasteiger partial charge >= 0.3 is 5.97 Å². The van der Waals surface area contributed by atoms with Gasteiger partial charge in [-0.05, 0) is 43.7 Å². The fourth-order valence-electron chi connectivity index (χ4n) is 4.06. The summed E-state index contributed by atoms with van der Waals surface area (Å²) in [6, 6.07) is 10.2. The van der Waals surface area contributed by atoms with Gasteiger partial charge in [0.25, 0.3) is 11.2 Å². The van der Waals surface area contributed by atoms with Gasteiger partial charge in [0, 0.05) is 17.7 Å². The Balaban J connectivity index is 1.97. The second-order valence-corrected chi connectivity index (χ2v) is 8.74. The fourth-order valence-corrected chi connectivity index (χ4v) is 5.10. The fraction of sp³-hybridized carbons (Fsp3) is 0.240. The molecule has 0 radical (unpaired) electrons. The van der Waals surface area contributed by atoms with E-state index < -0.39 is 16.9 Å². The number of carbonyl (C=O) groups is 1. The molecule has 0 N–H and O–H groups in total. The van der Waals surface area contributed by atoms with Crippen LogP contribution in [-0.2, 0) is 9.53 Å². The molecule has 1 atom stereocenters. The highest BCUT2D eigenvalue weighted by Gasteiger charge is 2.35. The highest BCUT2D eigenvalue weighted by molar-refractivity contribution is 7.07. The van der Waals surface area contributed by atoms with Gasteiger partial charge in [-0.25, -0.2) is 9.79 Å². The molecule has 0 fully saturated rings. The molecule has 4 rings (SSSR count). The summed E-state index contributed by atoms with van der Waals surface area (Å²) < 4.78 is 18.2.